The summed E-state index contributed by atoms with van der Waals surface area (Å²) in [6.07, 6.45) is 7.04. The normalized spacial score (nSPS) is 20.6. The van der Waals surface area contributed by atoms with Crippen molar-refractivity contribution in [3.05, 3.63) is 47.6 Å². The zero-order valence-electron chi connectivity index (χ0n) is 14.6. The molecular formula is C20H25N3O2. The molecule has 2 fully saturated rings. The van der Waals surface area contributed by atoms with Crippen molar-refractivity contribution >= 4 is 5.91 Å². The molecule has 0 unspecified atom stereocenters. The summed E-state index contributed by atoms with van der Waals surface area (Å²) in [5, 5.41) is 4.15. The highest BCUT2D eigenvalue weighted by Crippen LogP contribution is 2.34. The molecule has 1 aromatic heterocycles. The van der Waals surface area contributed by atoms with E-state index in [9.17, 15) is 4.79 Å². The summed E-state index contributed by atoms with van der Waals surface area (Å²) in [6, 6.07) is 10.5. The van der Waals surface area contributed by atoms with Gasteiger partial charge in [-0.1, -0.05) is 35.5 Å². The van der Waals surface area contributed by atoms with E-state index in [2.05, 4.69) is 34.4 Å². The molecular weight excluding hydrogens is 314 g/mol. The van der Waals surface area contributed by atoms with Gasteiger partial charge in [0.05, 0.1) is 5.92 Å². The van der Waals surface area contributed by atoms with Gasteiger partial charge in [-0.2, -0.15) is 4.98 Å². The summed E-state index contributed by atoms with van der Waals surface area (Å²) in [5.74, 6) is 2.31. The summed E-state index contributed by atoms with van der Waals surface area (Å²) >= 11 is 0. The lowest BCUT2D eigenvalue weighted by molar-refractivity contribution is -0.133. The zero-order chi connectivity index (χ0) is 17.1. The van der Waals surface area contributed by atoms with Gasteiger partial charge in [-0.25, -0.2) is 0 Å². The third-order valence-electron chi connectivity index (χ3n) is 5.20. The van der Waals surface area contributed by atoms with Crippen LogP contribution in [0.1, 0.15) is 55.3 Å². The Bertz CT molecular complexity index is 709. The average molecular weight is 339 g/mol. The second kappa shape index (κ2) is 7.38. The molecule has 1 saturated carbocycles. The Labute approximate surface area is 148 Å². The fourth-order valence-corrected chi connectivity index (χ4v) is 3.60. The van der Waals surface area contributed by atoms with Gasteiger partial charge in [0.1, 0.15) is 0 Å². The Morgan fingerprint density at radius 2 is 2.00 bits per heavy atom. The van der Waals surface area contributed by atoms with Crippen LogP contribution in [-0.2, 0) is 17.6 Å². The van der Waals surface area contributed by atoms with Crippen LogP contribution in [0.2, 0.25) is 0 Å². The number of rotatable bonds is 6. The molecule has 1 amide bonds. The highest BCUT2D eigenvalue weighted by atomic mass is 16.5. The van der Waals surface area contributed by atoms with Crippen molar-refractivity contribution in [3.63, 3.8) is 0 Å². The van der Waals surface area contributed by atoms with Crippen molar-refractivity contribution in [2.45, 2.75) is 50.9 Å². The van der Waals surface area contributed by atoms with Crippen LogP contribution < -0.4 is 0 Å². The number of aryl methyl sites for hydroxylation is 2. The molecule has 5 nitrogen and oxygen atoms in total. The first-order valence-electron chi connectivity index (χ1n) is 9.45. The van der Waals surface area contributed by atoms with Crippen LogP contribution in [0.15, 0.2) is 34.9 Å². The Kier molecular flexibility index (Phi) is 4.81. The smallest absolute Gasteiger partial charge is 0.231 e. The van der Waals surface area contributed by atoms with Crippen LogP contribution in [-0.4, -0.2) is 34.0 Å². The number of carbonyl (C=O) groups excluding carboxylic acids is 1. The van der Waals surface area contributed by atoms with Crippen LogP contribution in [0.5, 0.6) is 0 Å². The number of hydrogen-bond donors (Lipinski definition) is 0. The first kappa shape index (κ1) is 16.3. The molecule has 5 heteroatoms. The average Bonchev–Trinajstić information content (AvgIpc) is 3.41. The standard InChI is InChI=1S/C20H25N3O2/c24-20(16-11-12-16)23-13-5-9-17(14-23)19-21-18(22-25-19)10-4-8-15-6-2-1-3-7-15/h1-3,6-7,16-17H,4-5,8-14H2/t17-/m0/s1. The fourth-order valence-electron chi connectivity index (χ4n) is 3.60. The molecule has 4 rings (SSSR count). The summed E-state index contributed by atoms with van der Waals surface area (Å²) in [7, 11) is 0. The molecule has 1 saturated heterocycles. The molecule has 1 atom stereocenters. The Hall–Kier alpha value is -2.17. The van der Waals surface area contributed by atoms with E-state index in [0.717, 1.165) is 63.9 Å². The summed E-state index contributed by atoms with van der Waals surface area (Å²) < 4.78 is 5.51. The minimum absolute atomic E-state index is 0.201. The largest absolute Gasteiger partial charge is 0.342 e. The molecule has 2 aliphatic rings. The van der Waals surface area contributed by atoms with Crippen molar-refractivity contribution in [2.24, 2.45) is 5.92 Å². The topological polar surface area (TPSA) is 59.2 Å². The van der Waals surface area contributed by atoms with Gasteiger partial charge >= 0.3 is 0 Å². The maximum atomic E-state index is 12.3. The Morgan fingerprint density at radius 3 is 2.80 bits per heavy atom. The van der Waals surface area contributed by atoms with Crippen molar-refractivity contribution < 1.29 is 9.32 Å². The fraction of sp³-hybridized carbons (Fsp3) is 0.550. The van der Waals surface area contributed by atoms with Crippen molar-refractivity contribution in [3.8, 4) is 0 Å². The molecule has 1 aliphatic carbocycles. The lowest BCUT2D eigenvalue weighted by Crippen LogP contribution is -2.40. The predicted octanol–water partition coefficient (Wildman–Crippen LogP) is 3.36. The second-order valence-electron chi connectivity index (χ2n) is 7.29. The van der Waals surface area contributed by atoms with Gasteiger partial charge < -0.3 is 9.42 Å². The molecule has 132 valence electrons. The van der Waals surface area contributed by atoms with Crippen LogP contribution >= 0.6 is 0 Å². The van der Waals surface area contributed by atoms with Gasteiger partial charge in [-0.15, -0.1) is 0 Å². The SMILES string of the molecule is O=C(C1CC1)N1CCC[C@H](c2nc(CCCc3ccccc3)no2)C1. The van der Waals surface area contributed by atoms with Crippen LogP contribution in [0.3, 0.4) is 0 Å². The van der Waals surface area contributed by atoms with E-state index in [4.69, 9.17) is 4.52 Å². The van der Waals surface area contributed by atoms with Crippen molar-refractivity contribution in [1.82, 2.24) is 15.0 Å². The first-order chi connectivity index (χ1) is 12.3. The second-order valence-corrected chi connectivity index (χ2v) is 7.29. The highest BCUT2D eigenvalue weighted by Gasteiger charge is 2.36. The van der Waals surface area contributed by atoms with E-state index in [1.54, 1.807) is 0 Å². The van der Waals surface area contributed by atoms with Crippen molar-refractivity contribution in [2.75, 3.05) is 13.1 Å². The summed E-state index contributed by atoms with van der Waals surface area (Å²) in [6.45, 7) is 1.62. The van der Waals surface area contributed by atoms with E-state index in [-0.39, 0.29) is 11.8 Å². The summed E-state index contributed by atoms with van der Waals surface area (Å²) in [4.78, 5) is 18.9. The number of likely N-dealkylation sites (tertiary alicyclic amines) is 1. The highest BCUT2D eigenvalue weighted by molar-refractivity contribution is 5.81. The first-order valence-corrected chi connectivity index (χ1v) is 9.45. The number of benzene rings is 1. The van der Waals surface area contributed by atoms with E-state index in [0.29, 0.717) is 11.8 Å². The molecule has 2 aromatic rings. The van der Waals surface area contributed by atoms with E-state index < -0.39 is 0 Å². The lowest BCUT2D eigenvalue weighted by Gasteiger charge is -2.31. The molecule has 25 heavy (non-hydrogen) atoms. The molecule has 0 spiro atoms. The van der Waals surface area contributed by atoms with Crippen LogP contribution in [0.25, 0.3) is 0 Å². The lowest BCUT2D eigenvalue weighted by atomic mass is 9.97. The number of piperidine rings is 1. The molecule has 2 heterocycles. The van der Waals surface area contributed by atoms with Crippen LogP contribution in [0, 0.1) is 5.92 Å². The van der Waals surface area contributed by atoms with Gasteiger partial charge in [0.15, 0.2) is 5.82 Å². The van der Waals surface area contributed by atoms with E-state index in [1.807, 2.05) is 11.0 Å². The number of carbonyl (C=O) groups is 1. The van der Waals surface area contributed by atoms with Gasteiger partial charge in [-0.3, -0.25) is 4.79 Å². The molecule has 1 aliphatic heterocycles. The quantitative estimate of drug-likeness (QED) is 0.810. The number of amides is 1. The third-order valence-corrected chi connectivity index (χ3v) is 5.20. The maximum absolute atomic E-state index is 12.3. The predicted molar refractivity (Wildman–Crippen MR) is 94.0 cm³/mol. The zero-order valence-corrected chi connectivity index (χ0v) is 14.6. The van der Waals surface area contributed by atoms with Gasteiger partial charge in [0, 0.05) is 25.4 Å². The Morgan fingerprint density at radius 1 is 1.16 bits per heavy atom. The minimum atomic E-state index is 0.201. The van der Waals surface area contributed by atoms with Gasteiger partial charge in [0.2, 0.25) is 11.8 Å². The Balaban J connectivity index is 1.30. The van der Waals surface area contributed by atoms with Gasteiger partial charge in [-0.05, 0) is 44.1 Å². The maximum Gasteiger partial charge on any atom is 0.231 e. The van der Waals surface area contributed by atoms with Crippen LogP contribution in [0.4, 0.5) is 0 Å². The number of nitrogens with zero attached hydrogens (tertiary/aromatic N) is 3. The molecule has 1 aromatic carbocycles. The van der Waals surface area contributed by atoms with Crippen molar-refractivity contribution in [1.29, 1.82) is 0 Å². The molecule has 0 N–H and O–H groups in total. The molecule has 0 radical (unpaired) electrons. The summed E-state index contributed by atoms with van der Waals surface area (Å²) in [5.41, 5.74) is 1.34. The molecule has 0 bridgehead atoms. The van der Waals surface area contributed by atoms with E-state index >= 15 is 0 Å². The number of hydrogen-bond acceptors (Lipinski definition) is 4. The van der Waals surface area contributed by atoms with E-state index in [1.165, 1.54) is 5.56 Å². The van der Waals surface area contributed by atoms with Gasteiger partial charge in [0.25, 0.3) is 0 Å². The number of aromatic nitrogens is 2. The third kappa shape index (κ3) is 4.09. The minimum Gasteiger partial charge on any atom is -0.342 e. The monoisotopic (exact) mass is 339 g/mol.